The number of imide groups is 2. The molecule has 13 heteroatoms. The number of carbonyl (C=O) groups is 4. The van der Waals surface area contributed by atoms with Crippen molar-refractivity contribution in [2.45, 2.75) is 44.6 Å². The summed E-state index contributed by atoms with van der Waals surface area (Å²) >= 11 is 0. The van der Waals surface area contributed by atoms with Gasteiger partial charge >= 0.3 is 0 Å². The molecule has 2 N–H and O–H groups in total. The monoisotopic (exact) mass is 762 g/mol. The number of carbonyl (C=O) groups excluding carboxylic acids is 4. The molecule has 3 aliphatic heterocycles. The number of hydrogen-bond acceptors (Lipinski definition) is 10. The van der Waals surface area contributed by atoms with Crippen LogP contribution in [0.4, 0.5) is 5.82 Å². The van der Waals surface area contributed by atoms with Crippen molar-refractivity contribution in [1.29, 1.82) is 0 Å². The van der Waals surface area contributed by atoms with E-state index in [1.54, 1.807) is 18.2 Å². The highest BCUT2D eigenvalue weighted by Gasteiger charge is 2.44. The Bertz CT molecular complexity index is 2490. The molecule has 9 rings (SSSR count). The van der Waals surface area contributed by atoms with E-state index in [1.807, 2.05) is 30.9 Å². The molecule has 0 aliphatic carbocycles. The molecule has 4 amide bonds. The number of fused-ring (bicyclic) bond motifs is 4. The molecular weight excluding hydrogens is 721 g/mol. The maximum Gasteiger partial charge on any atom is 0.262 e. The largest absolute Gasteiger partial charge is 0.494 e. The maximum atomic E-state index is 13.1. The Hall–Kier alpha value is -6.47. The van der Waals surface area contributed by atoms with Crippen molar-refractivity contribution in [3.8, 4) is 16.9 Å². The minimum atomic E-state index is -0.993. The van der Waals surface area contributed by atoms with E-state index in [1.165, 1.54) is 5.39 Å². The third-order valence-electron chi connectivity index (χ3n) is 11.3. The van der Waals surface area contributed by atoms with Gasteiger partial charge in [0, 0.05) is 90.5 Å². The second-order valence-corrected chi connectivity index (χ2v) is 14.9. The van der Waals surface area contributed by atoms with E-state index in [0.29, 0.717) is 12.4 Å². The Kier molecular flexibility index (Phi) is 9.89. The molecule has 0 radical (unpaired) electrons. The van der Waals surface area contributed by atoms with Gasteiger partial charge in [0.05, 0.1) is 17.7 Å². The van der Waals surface area contributed by atoms with Gasteiger partial charge in [0.15, 0.2) is 0 Å². The van der Waals surface area contributed by atoms with Crippen LogP contribution >= 0.6 is 0 Å². The number of piperazine rings is 1. The minimum absolute atomic E-state index is 0.0792. The van der Waals surface area contributed by atoms with Crippen LogP contribution in [-0.2, 0) is 22.4 Å². The van der Waals surface area contributed by atoms with Crippen LogP contribution in [0.1, 0.15) is 57.7 Å². The summed E-state index contributed by atoms with van der Waals surface area (Å²) < 4.78 is 5.93. The fourth-order valence-electron chi connectivity index (χ4n) is 8.11. The summed E-state index contributed by atoms with van der Waals surface area (Å²) in [6.07, 6.45) is 11.4. The number of hydrogen-bond donors (Lipinski definition) is 2. The second-order valence-electron chi connectivity index (χ2n) is 14.9. The van der Waals surface area contributed by atoms with Crippen LogP contribution in [0.15, 0.2) is 91.5 Å². The summed E-state index contributed by atoms with van der Waals surface area (Å²) in [6, 6.07) is 20.8. The fraction of sp³-hybridized carbons (Fsp3) is 0.295. The topological polar surface area (TPSA) is 154 Å². The lowest BCUT2D eigenvalue weighted by Crippen LogP contribution is -2.54. The molecule has 0 saturated carbocycles. The van der Waals surface area contributed by atoms with Crippen molar-refractivity contribution < 1.29 is 23.9 Å². The predicted molar refractivity (Wildman–Crippen MR) is 215 cm³/mol. The molecule has 6 aromatic rings. The summed E-state index contributed by atoms with van der Waals surface area (Å²) in [7, 11) is 0. The normalized spacial score (nSPS) is 17.4. The lowest BCUT2D eigenvalue weighted by atomic mass is 10.0. The lowest BCUT2D eigenvalue weighted by Gasteiger charge is -2.35. The number of pyridine rings is 3. The van der Waals surface area contributed by atoms with Gasteiger partial charge in [0.25, 0.3) is 11.8 Å². The van der Waals surface area contributed by atoms with Crippen molar-refractivity contribution in [2.75, 3.05) is 44.2 Å². The third kappa shape index (κ3) is 7.45. The molecule has 288 valence electrons. The van der Waals surface area contributed by atoms with E-state index in [0.717, 1.165) is 108 Å². The van der Waals surface area contributed by atoms with Crippen LogP contribution in [0.2, 0.25) is 0 Å². The zero-order chi connectivity index (χ0) is 38.9. The van der Waals surface area contributed by atoms with Crippen LogP contribution in [0, 0.1) is 0 Å². The molecule has 2 aromatic carbocycles. The first-order valence-electron chi connectivity index (χ1n) is 19.6. The summed E-state index contributed by atoms with van der Waals surface area (Å²) in [5, 5.41) is 4.53. The van der Waals surface area contributed by atoms with Crippen molar-refractivity contribution >= 4 is 51.3 Å². The minimum Gasteiger partial charge on any atom is -0.494 e. The summed E-state index contributed by atoms with van der Waals surface area (Å²) in [5.41, 5.74) is 7.12. The number of amides is 4. The van der Waals surface area contributed by atoms with Gasteiger partial charge < -0.3 is 14.6 Å². The standard InChI is InChI=1S/C44H42N8O5/c53-41-14-12-39(42(54)49-41)52-43(55)34-11-9-32(24-35(34)44(52)56)57-22-2-3-28-5-13-40(47-25-28)51-20-18-50(19-21-51)17-1-4-31-8-6-30(26-46-31)29-7-10-33-36-27-45-16-15-37(36)48-38(33)23-29/h5-11,13,15-16,23-27,39,48H,1-4,12,14,17-22H2,(H,49,53,54). The summed E-state index contributed by atoms with van der Waals surface area (Å²) in [5.74, 6) is -0.643. The van der Waals surface area contributed by atoms with Crippen molar-refractivity contribution in [2.24, 2.45) is 0 Å². The smallest absolute Gasteiger partial charge is 0.262 e. The average Bonchev–Trinajstić information content (AvgIpc) is 3.73. The summed E-state index contributed by atoms with van der Waals surface area (Å²) in [6.45, 7) is 5.32. The van der Waals surface area contributed by atoms with E-state index in [-0.39, 0.29) is 24.0 Å². The van der Waals surface area contributed by atoms with Gasteiger partial charge in [0.1, 0.15) is 17.6 Å². The SMILES string of the molecule is O=C1CCC(N2C(=O)c3ccc(OCCCc4ccc(N5CCN(CCCc6ccc(-c7ccc8c(c7)[nH]c7ccncc78)cn6)CC5)nc4)cc3C2=O)C(=O)N1. The molecule has 7 heterocycles. The summed E-state index contributed by atoms with van der Waals surface area (Å²) in [4.78, 5) is 73.1. The van der Waals surface area contributed by atoms with Gasteiger partial charge in [-0.25, -0.2) is 4.98 Å². The van der Waals surface area contributed by atoms with Gasteiger partial charge in [-0.1, -0.05) is 24.3 Å². The highest BCUT2D eigenvalue weighted by molar-refractivity contribution is 6.23. The van der Waals surface area contributed by atoms with Crippen LogP contribution in [0.3, 0.4) is 0 Å². The maximum absolute atomic E-state index is 13.1. The molecule has 2 fully saturated rings. The molecule has 3 aliphatic rings. The number of ether oxygens (including phenoxy) is 1. The molecule has 57 heavy (non-hydrogen) atoms. The molecule has 1 unspecified atom stereocenters. The first-order valence-corrected chi connectivity index (χ1v) is 19.6. The third-order valence-corrected chi connectivity index (χ3v) is 11.3. The zero-order valence-corrected chi connectivity index (χ0v) is 31.4. The van der Waals surface area contributed by atoms with Crippen molar-refractivity contribution in [3.05, 3.63) is 114 Å². The number of piperidine rings is 1. The fourth-order valence-corrected chi connectivity index (χ4v) is 8.11. The van der Waals surface area contributed by atoms with E-state index in [2.05, 4.69) is 67.5 Å². The number of nitrogens with zero attached hydrogens (tertiary/aromatic N) is 6. The molecule has 2 saturated heterocycles. The van der Waals surface area contributed by atoms with E-state index in [4.69, 9.17) is 14.7 Å². The zero-order valence-electron chi connectivity index (χ0n) is 31.4. The average molecular weight is 763 g/mol. The Labute approximate surface area is 329 Å². The number of rotatable bonds is 12. The molecule has 13 nitrogen and oxygen atoms in total. The highest BCUT2D eigenvalue weighted by Crippen LogP contribution is 2.31. The molecule has 0 spiro atoms. The van der Waals surface area contributed by atoms with Gasteiger partial charge in [-0.2, -0.15) is 0 Å². The molecule has 1 atom stereocenters. The van der Waals surface area contributed by atoms with Gasteiger partial charge in [0.2, 0.25) is 11.8 Å². The second kappa shape index (κ2) is 15.6. The Morgan fingerprint density at radius 2 is 1.60 bits per heavy atom. The number of nitrogens with one attached hydrogen (secondary N) is 2. The van der Waals surface area contributed by atoms with Crippen LogP contribution in [0.5, 0.6) is 5.75 Å². The number of anilines is 1. The predicted octanol–water partition coefficient (Wildman–Crippen LogP) is 5.34. The highest BCUT2D eigenvalue weighted by atomic mass is 16.5. The molecule has 0 bridgehead atoms. The van der Waals surface area contributed by atoms with Crippen LogP contribution in [0.25, 0.3) is 32.9 Å². The first-order chi connectivity index (χ1) is 27.9. The van der Waals surface area contributed by atoms with Gasteiger partial charge in [-0.05, 0) is 92.2 Å². The van der Waals surface area contributed by atoms with Crippen molar-refractivity contribution in [1.82, 2.24) is 35.1 Å². The van der Waals surface area contributed by atoms with Crippen molar-refractivity contribution in [3.63, 3.8) is 0 Å². The van der Waals surface area contributed by atoms with E-state index < -0.39 is 29.7 Å². The first kappa shape index (κ1) is 36.2. The van der Waals surface area contributed by atoms with E-state index >= 15 is 0 Å². The van der Waals surface area contributed by atoms with Crippen LogP contribution < -0.4 is 15.0 Å². The van der Waals surface area contributed by atoms with Crippen LogP contribution in [-0.4, -0.2) is 98.7 Å². The van der Waals surface area contributed by atoms with Gasteiger partial charge in [-0.3, -0.25) is 44.3 Å². The number of aromatic amines is 1. The van der Waals surface area contributed by atoms with E-state index in [9.17, 15) is 19.2 Å². The quantitative estimate of drug-likeness (QED) is 0.123. The number of aromatic nitrogens is 4. The van der Waals surface area contributed by atoms with Gasteiger partial charge in [-0.15, -0.1) is 0 Å². The number of benzene rings is 2. The Balaban J connectivity index is 0.690. The number of H-pyrrole nitrogens is 1. The molecule has 4 aromatic heterocycles. The molecular formula is C44H42N8O5. The lowest BCUT2D eigenvalue weighted by molar-refractivity contribution is -0.136. The Morgan fingerprint density at radius 3 is 2.40 bits per heavy atom. The number of aryl methyl sites for hydroxylation is 2. The Morgan fingerprint density at radius 1 is 0.737 bits per heavy atom.